The van der Waals surface area contributed by atoms with Crippen molar-refractivity contribution in [3.05, 3.63) is 112 Å². The second-order valence-electron chi connectivity index (χ2n) is 7.77. The lowest BCUT2D eigenvalue weighted by Crippen LogP contribution is -2.12. The molecule has 5 nitrogen and oxygen atoms in total. The van der Waals surface area contributed by atoms with Crippen LogP contribution in [0.3, 0.4) is 0 Å². The molecule has 0 fully saturated rings. The first-order chi connectivity index (χ1) is 15.5. The number of rotatable bonds is 7. The highest BCUT2D eigenvalue weighted by molar-refractivity contribution is 6.30. The number of halogens is 1. The number of aryl methyl sites for hydroxylation is 2. The lowest BCUT2D eigenvalue weighted by Gasteiger charge is -2.10. The van der Waals surface area contributed by atoms with Crippen molar-refractivity contribution < 1.29 is 9.53 Å². The van der Waals surface area contributed by atoms with Crippen LogP contribution in [-0.2, 0) is 13.2 Å². The quantitative estimate of drug-likeness (QED) is 0.377. The molecule has 32 heavy (non-hydrogen) atoms. The van der Waals surface area contributed by atoms with Gasteiger partial charge < -0.3 is 10.1 Å². The second-order valence-corrected chi connectivity index (χ2v) is 8.20. The lowest BCUT2D eigenvalue weighted by molar-refractivity contribution is 0.102. The maximum atomic E-state index is 12.7. The van der Waals surface area contributed by atoms with Crippen molar-refractivity contribution in [3.63, 3.8) is 0 Å². The number of hydrogen-bond acceptors (Lipinski definition) is 3. The molecule has 0 saturated carbocycles. The van der Waals surface area contributed by atoms with E-state index in [2.05, 4.69) is 41.6 Å². The molecule has 6 heteroatoms. The summed E-state index contributed by atoms with van der Waals surface area (Å²) < 4.78 is 7.70. The summed E-state index contributed by atoms with van der Waals surface area (Å²) in [6, 6.07) is 21.2. The van der Waals surface area contributed by atoms with Gasteiger partial charge in [-0.1, -0.05) is 53.6 Å². The van der Waals surface area contributed by atoms with E-state index < -0.39 is 0 Å². The zero-order valence-corrected chi connectivity index (χ0v) is 18.8. The maximum Gasteiger partial charge on any atom is 0.255 e. The van der Waals surface area contributed by atoms with Crippen LogP contribution in [0.2, 0.25) is 5.02 Å². The number of carbonyl (C=O) groups excluding carboxylic acids is 1. The van der Waals surface area contributed by atoms with Crippen LogP contribution in [-0.4, -0.2) is 15.7 Å². The van der Waals surface area contributed by atoms with Gasteiger partial charge in [0, 0.05) is 16.8 Å². The zero-order chi connectivity index (χ0) is 22.5. The van der Waals surface area contributed by atoms with Gasteiger partial charge in [-0.2, -0.15) is 5.10 Å². The fraction of sp³-hybridized carbons (Fsp3) is 0.154. The van der Waals surface area contributed by atoms with Gasteiger partial charge in [-0.15, -0.1) is 0 Å². The topological polar surface area (TPSA) is 56.2 Å². The minimum absolute atomic E-state index is 0.190. The first-order valence-electron chi connectivity index (χ1n) is 10.3. The Kier molecular flexibility index (Phi) is 6.57. The molecule has 0 aliphatic rings. The third-order valence-corrected chi connectivity index (χ3v) is 5.31. The molecule has 0 bridgehead atoms. The fourth-order valence-electron chi connectivity index (χ4n) is 3.34. The van der Waals surface area contributed by atoms with E-state index in [0.29, 0.717) is 29.4 Å². The molecule has 0 aliphatic carbocycles. The third-order valence-electron chi connectivity index (χ3n) is 5.08. The van der Waals surface area contributed by atoms with E-state index in [9.17, 15) is 4.79 Å². The first-order valence-corrected chi connectivity index (χ1v) is 10.7. The average molecular weight is 446 g/mol. The van der Waals surface area contributed by atoms with E-state index in [0.717, 1.165) is 22.4 Å². The van der Waals surface area contributed by atoms with Crippen molar-refractivity contribution in [1.29, 1.82) is 0 Å². The number of carbonyl (C=O) groups is 1. The molecular weight excluding hydrogens is 422 g/mol. The van der Waals surface area contributed by atoms with Crippen molar-refractivity contribution in [2.45, 2.75) is 27.0 Å². The molecule has 0 aliphatic heterocycles. The van der Waals surface area contributed by atoms with Crippen LogP contribution in [0.5, 0.6) is 5.75 Å². The van der Waals surface area contributed by atoms with Crippen LogP contribution in [0.25, 0.3) is 0 Å². The maximum absolute atomic E-state index is 12.7. The summed E-state index contributed by atoms with van der Waals surface area (Å²) in [7, 11) is 0. The molecule has 0 radical (unpaired) electrons. The first kappa shape index (κ1) is 21.7. The Morgan fingerprint density at radius 2 is 1.84 bits per heavy atom. The number of nitrogens with zero attached hydrogens (tertiary/aromatic N) is 2. The lowest BCUT2D eigenvalue weighted by atomic mass is 10.1. The van der Waals surface area contributed by atoms with E-state index in [1.54, 1.807) is 23.0 Å². The second kappa shape index (κ2) is 9.71. The van der Waals surface area contributed by atoms with Crippen molar-refractivity contribution >= 4 is 23.2 Å². The third kappa shape index (κ3) is 5.56. The number of benzene rings is 3. The zero-order valence-electron chi connectivity index (χ0n) is 18.0. The average Bonchev–Trinajstić information content (AvgIpc) is 3.21. The molecule has 1 heterocycles. The van der Waals surface area contributed by atoms with Gasteiger partial charge in [0.2, 0.25) is 0 Å². The summed E-state index contributed by atoms with van der Waals surface area (Å²) in [5.74, 6) is 0.578. The van der Waals surface area contributed by atoms with E-state index in [1.165, 1.54) is 5.56 Å². The van der Waals surface area contributed by atoms with Gasteiger partial charge in [-0.3, -0.25) is 9.48 Å². The normalized spacial score (nSPS) is 10.7. The smallest absolute Gasteiger partial charge is 0.255 e. The van der Waals surface area contributed by atoms with Crippen LogP contribution >= 0.6 is 11.6 Å². The van der Waals surface area contributed by atoms with Crippen LogP contribution < -0.4 is 10.1 Å². The van der Waals surface area contributed by atoms with Gasteiger partial charge in [0.1, 0.15) is 12.4 Å². The van der Waals surface area contributed by atoms with E-state index in [4.69, 9.17) is 16.3 Å². The summed E-state index contributed by atoms with van der Waals surface area (Å²) in [6.45, 7) is 5.01. The van der Waals surface area contributed by atoms with Crippen LogP contribution in [0.15, 0.2) is 79.1 Å². The predicted octanol–water partition coefficient (Wildman–Crippen LogP) is 6.03. The molecule has 0 saturated heterocycles. The van der Waals surface area contributed by atoms with E-state index >= 15 is 0 Å². The van der Waals surface area contributed by atoms with Gasteiger partial charge in [0.05, 0.1) is 18.4 Å². The van der Waals surface area contributed by atoms with E-state index in [-0.39, 0.29) is 5.91 Å². The van der Waals surface area contributed by atoms with Gasteiger partial charge in [-0.05, 0) is 60.9 Å². The Bertz CT molecular complexity index is 1230. The number of nitrogens with one attached hydrogen (secondary N) is 1. The van der Waals surface area contributed by atoms with Gasteiger partial charge in [0.25, 0.3) is 5.91 Å². The molecule has 0 atom stereocenters. The Labute approximate surface area is 192 Å². The van der Waals surface area contributed by atoms with Gasteiger partial charge in [-0.25, -0.2) is 0 Å². The van der Waals surface area contributed by atoms with Gasteiger partial charge >= 0.3 is 0 Å². The summed E-state index contributed by atoms with van der Waals surface area (Å²) in [4.78, 5) is 12.7. The Hall–Kier alpha value is -3.57. The standard InChI is InChI=1S/C26H24ClN3O2/c1-18-6-8-20(9-7-18)15-30-16-24(14-28-30)29-26(31)22-5-3-4-21(13-22)17-32-25-11-10-23(27)12-19(25)2/h3-14,16H,15,17H2,1-2H3,(H,29,31). The molecule has 4 rings (SSSR count). The Balaban J connectivity index is 1.37. The number of amides is 1. The van der Waals surface area contributed by atoms with Crippen LogP contribution in [0.4, 0.5) is 5.69 Å². The van der Waals surface area contributed by atoms with E-state index in [1.807, 2.05) is 43.5 Å². The summed E-state index contributed by atoms with van der Waals surface area (Å²) in [5, 5.41) is 7.94. The van der Waals surface area contributed by atoms with Crippen molar-refractivity contribution in [1.82, 2.24) is 9.78 Å². The summed E-state index contributed by atoms with van der Waals surface area (Å²) in [6.07, 6.45) is 3.48. The predicted molar refractivity (Wildman–Crippen MR) is 127 cm³/mol. The molecule has 0 unspecified atom stereocenters. The summed E-state index contributed by atoms with van der Waals surface area (Å²) >= 11 is 6.00. The number of aromatic nitrogens is 2. The Morgan fingerprint density at radius 1 is 1.03 bits per heavy atom. The highest BCUT2D eigenvalue weighted by Gasteiger charge is 2.09. The molecule has 3 aromatic carbocycles. The fourth-order valence-corrected chi connectivity index (χ4v) is 3.56. The van der Waals surface area contributed by atoms with Crippen molar-refractivity contribution in [3.8, 4) is 5.75 Å². The van der Waals surface area contributed by atoms with Gasteiger partial charge in [0.15, 0.2) is 0 Å². The molecule has 4 aromatic rings. The molecule has 162 valence electrons. The Morgan fingerprint density at radius 3 is 2.62 bits per heavy atom. The number of anilines is 1. The molecule has 1 amide bonds. The summed E-state index contributed by atoms with van der Waals surface area (Å²) in [5.41, 5.74) is 5.46. The largest absolute Gasteiger partial charge is 0.489 e. The monoisotopic (exact) mass is 445 g/mol. The van der Waals surface area contributed by atoms with Crippen LogP contribution in [0, 0.1) is 13.8 Å². The minimum atomic E-state index is -0.190. The van der Waals surface area contributed by atoms with Crippen LogP contribution in [0.1, 0.15) is 32.6 Å². The molecule has 0 spiro atoms. The SMILES string of the molecule is Cc1ccc(Cn2cc(NC(=O)c3cccc(COc4ccc(Cl)cc4C)c3)cn2)cc1. The number of ether oxygens (including phenoxy) is 1. The van der Waals surface area contributed by atoms with Crippen molar-refractivity contribution in [2.24, 2.45) is 0 Å². The molecule has 1 N–H and O–H groups in total. The highest BCUT2D eigenvalue weighted by Crippen LogP contribution is 2.23. The minimum Gasteiger partial charge on any atom is -0.489 e. The van der Waals surface area contributed by atoms with Crippen molar-refractivity contribution in [2.75, 3.05) is 5.32 Å². The highest BCUT2D eigenvalue weighted by atomic mass is 35.5. The molecule has 1 aromatic heterocycles. The molecular formula is C26H24ClN3O2. The number of hydrogen-bond donors (Lipinski definition) is 1.